The van der Waals surface area contributed by atoms with Crippen molar-refractivity contribution < 1.29 is 0 Å². The smallest absolute Gasteiger partial charge is 0.334 e. The summed E-state index contributed by atoms with van der Waals surface area (Å²) in [6.07, 6.45) is 3.44. The number of aryl methyl sites for hydroxylation is 2. The predicted molar refractivity (Wildman–Crippen MR) is 255 cm³/mol. The van der Waals surface area contributed by atoms with Crippen LogP contribution in [0.4, 0.5) is 27.8 Å². The van der Waals surface area contributed by atoms with E-state index in [9.17, 15) is 0 Å². The first-order valence-electron chi connectivity index (χ1n) is 21.5. The van der Waals surface area contributed by atoms with Gasteiger partial charge in [0.25, 0.3) is 0 Å². The molecule has 8 aromatic carbocycles. The fourth-order valence-corrected chi connectivity index (χ4v) is 12.8. The molecule has 0 unspecified atom stereocenters. The van der Waals surface area contributed by atoms with Crippen LogP contribution < -0.4 is 20.6 Å². The molecule has 4 heterocycles. The molecule has 0 saturated carbocycles. The van der Waals surface area contributed by atoms with Gasteiger partial charge >= 0.3 is 6.85 Å². The van der Waals surface area contributed by atoms with Crippen molar-refractivity contribution in [2.45, 2.75) is 38.5 Å². The van der Waals surface area contributed by atoms with Crippen LogP contribution in [0.25, 0.3) is 43.5 Å². The minimum atomic E-state index is -0.458. The summed E-state index contributed by atoms with van der Waals surface area (Å²) in [7, 11) is 0. The second-order valence-electron chi connectivity index (χ2n) is 17.1. The van der Waals surface area contributed by atoms with Crippen molar-refractivity contribution in [3.05, 3.63) is 209 Å². The van der Waals surface area contributed by atoms with E-state index in [1.807, 2.05) is 11.3 Å². The van der Waals surface area contributed by atoms with Gasteiger partial charge in [0.1, 0.15) is 0 Å². The van der Waals surface area contributed by atoms with Crippen molar-refractivity contribution in [2.24, 2.45) is 0 Å². The maximum Gasteiger partial charge on any atom is 0.334 e. The summed E-state index contributed by atoms with van der Waals surface area (Å²) in [6, 6.07) is 67.2. The zero-order valence-corrected chi connectivity index (χ0v) is 34.6. The van der Waals surface area contributed by atoms with E-state index in [0.29, 0.717) is 0 Å². The third-order valence-electron chi connectivity index (χ3n) is 13.9. The van der Waals surface area contributed by atoms with Gasteiger partial charge in [-0.1, -0.05) is 159 Å². The molecule has 1 aromatic heterocycles. The summed E-state index contributed by atoms with van der Waals surface area (Å²) in [5, 5.41) is 2.64. The van der Waals surface area contributed by atoms with Crippen LogP contribution in [0.2, 0.25) is 0 Å². The standard InChI is InChI=1S/C56H41BN2S/c1-3-4-17-36-30-31-48(42(34-36)37-18-6-5-7-19-37)58-50-33-35(2)32-43-40-23-16-27-47-54(40)59(57(52(43)50)53-41-22-10-15-29-51(41)60-55(53)58)49-28-14-13-26-46(49)56(47)44-24-11-8-20-38(44)39-21-9-12-25-45(39)56/h5-16,18-34H,3-4,17H2,1-2H3. The van der Waals surface area contributed by atoms with E-state index < -0.39 is 5.41 Å². The van der Waals surface area contributed by atoms with Gasteiger partial charge in [-0.25, -0.2) is 0 Å². The predicted octanol–water partition coefficient (Wildman–Crippen LogP) is 13.6. The Kier molecular flexibility index (Phi) is 7.25. The van der Waals surface area contributed by atoms with Gasteiger partial charge in [0, 0.05) is 32.9 Å². The fraction of sp³-hybridized carbons (Fsp3) is 0.107. The number of nitrogens with zero attached hydrogens (tertiary/aromatic N) is 2. The van der Waals surface area contributed by atoms with Gasteiger partial charge in [0.2, 0.25) is 0 Å². The molecule has 0 fully saturated rings. The first-order valence-corrected chi connectivity index (χ1v) is 22.3. The second-order valence-corrected chi connectivity index (χ2v) is 18.1. The molecule has 4 heteroatoms. The Labute approximate surface area is 356 Å². The van der Waals surface area contributed by atoms with Gasteiger partial charge < -0.3 is 9.71 Å². The van der Waals surface area contributed by atoms with Crippen molar-refractivity contribution in [3.63, 3.8) is 0 Å². The van der Waals surface area contributed by atoms with E-state index in [1.165, 1.54) is 128 Å². The fourth-order valence-electron chi connectivity index (χ4n) is 11.5. The Bertz CT molecular complexity index is 3210. The van der Waals surface area contributed by atoms with Crippen molar-refractivity contribution in [2.75, 3.05) is 9.71 Å². The van der Waals surface area contributed by atoms with Crippen LogP contribution in [0.5, 0.6) is 0 Å². The van der Waals surface area contributed by atoms with Crippen molar-refractivity contribution in [1.82, 2.24) is 0 Å². The van der Waals surface area contributed by atoms with Crippen LogP contribution in [0.15, 0.2) is 176 Å². The molecule has 1 aliphatic carbocycles. The van der Waals surface area contributed by atoms with Crippen LogP contribution in [-0.4, -0.2) is 6.85 Å². The van der Waals surface area contributed by atoms with E-state index in [2.05, 4.69) is 199 Å². The first kappa shape index (κ1) is 34.3. The molecule has 0 radical (unpaired) electrons. The molecule has 9 aromatic rings. The summed E-state index contributed by atoms with van der Waals surface area (Å²) in [6.45, 7) is 4.53. The van der Waals surface area contributed by atoms with Crippen LogP contribution in [-0.2, 0) is 11.8 Å². The molecular formula is C56H41BN2S. The largest absolute Gasteiger partial charge is 0.376 e. The number of anilines is 5. The quantitative estimate of drug-likeness (QED) is 0.160. The molecule has 13 rings (SSSR count). The zero-order valence-electron chi connectivity index (χ0n) is 33.7. The van der Waals surface area contributed by atoms with E-state index >= 15 is 0 Å². The highest BCUT2D eigenvalue weighted by Gasteiger charge is 2.56. The number of thiophene rings is 1. The summed E-state index contributed by atoms with van der Waals surface area (Å²) < 4.78 is 1.32. The highest BCUT2D eigenvalue weighted by molar-refractivity contribution is 7.26. The lowest BCUT2D eigenvalue weighted by atomic mass is 9.42. The molecule has 0 amide bonds. The Balaban J connectivity index is 1.16. The van der Waals surface area contributed by atoms with Crippen LogP contribution in [0.1, 0.15) is 53.1 Å². The summed E-state index contributed by atoms with van der Waals surface area (Å²) in [5.74, 6) is 0. The minimum Gasteiger partial charge on any atom is -0.376 e. The zero-order chi connectivity index (χ0) is 39.7. The van der Waals surface area contributed by atoms with Gasteiger partial charge in [0.15, 0.2) is 0 Å². The number of rotatable bonds is 5. The third-order valence-corrected chi connectivity index (χ3v) is 15.0. The molecule has 0 N–H and O–H groups in total. The van der Waals surface area contributed by atoms with Gasteiger partial charge in [0.05, 0.1) is 16.1 Å². The van der Waals surface area contributed by atoms with Gasteiger partial charge in [-0.2, -0.15) is 0 Å². The molecule has 284 valence electrons. The Morgan fingerprint density at radius 3 is 2.02 bits per heavy atom. The van der Waals surface area contributed by atoms with E-state index in [1.54, 1.807) is 0 Å². The molecule has 0 bridgehead atoms. The number of benzene rings is 8. The van der Waals surface area contributed by atoms with E-state index in [0.717, 1.165) is 6.42 Å². The Hall–Kier alpha value is -6.62. The number of hydrogen-bond donors (Lipinski definition) is 0. The van der Waals surface area contributed by atoms with Crippen LogP contribution >= 0.6 is 11.3 Å². The van der Waals surface area contributed by atoms with E-state index in [-0.39, 0.29) is 6.85 Å². The van der Waals surface area contributed by atoms with E-state index in [4.69, 9.17) is 0 Å². The number of hydrogen-bond acceptors (Lipinski definition) is 3. The van der Waals surface area contributed by atoms with Crippen molar-refractivity contribution in [1.29, 1.82) is 0 Å². The monoisotopic (exact) mass is 784 g/mol. The van der Waals surface area contributed by atoms with Gasteiger partial charge in [-0.05, 0) is 122 Å². The highest BCUT2D eigenvalue weighted by atomic mass is 32.1. The lowest BCUT2D eigenvalue weighted by molar-refractivity contribution is 0.756. The molecule has 4 aliphatic rings. The summed E-state index contributed by atoms with van der Waals surface area (Å²) in [5.41, 5.74) is 23.4. The third kappa shape index (κ3) is 4.39. The van der Waals surface area contributed by atoms with Crippen molar-refractivity contribution >= 4 is 66.9 Å². The number of unbranched alkanes of at least 4 members (excludes halogenated alkanes) is 1. The highest BCUT2D eigenvalue weighted by Crippen LogP contribution is 2.65. The van der Waals surface area contributed by atoms with Crippen LogP contribution in [0.3, 0.4) is 0 Å². The lowest BCUT2D eigenvalue weighted by Crippen LogP contribution is -2.62. The SMILES string of the molecule is CCCCc1ccc(N2c3cc(C)cc4c3B(c3c2sc2ccccc32)N2c3ccccc3C3(c5ccccc5-c5ccccc53)c3cccc-4c32)c(-c2ccccc2)c1. The van der Waals surface area contributed by atoms with Crippen molar-refractivity contribution in [3.8, 4) is 33.4 Å². The number of fused-ring (bicyclic) bond motifs is 15. The summed E-state index contributed by atoms with van der Waals surface area (Å²) >= 11 is 1.94. The Morgan fingerprint density at radius 1 is 0.533 bits per heavy atom. The molecule has 0 saturated heterocycles. The average molecular weight is 785 g/mol. The lowest BCUT2D eigenvalue weighted by Gasteiger charge is -2.52. The average Bonchev–Trinajstić information content (AvgIpc) is 3.82. The second kappa shape index (κ2) is 12.7. The molecule has 0 atom stereocenters. The molecule has 3 aliphatic heterocycles. The van der Waals surface area contributed by atoms with Gasteiger partial charge in [-0.15, -0.1) is 11.3 Å². The molecule has 2 nitrogen and oxygen atoms in total. The summed E-state index contributed by atoms with van der Waals surface area (Å²) in [4.78, 5) is 5.40. The normalized spacial score (nSPS) is 14.4. The molecular weight excluding hydrogens is 744 g/mol. The number of para-hydroxylation sites is 2. The molecule has 1 spiro atoms. The minimum absolute atomic E-state index is 0.0407. The topological polar surface area (TPSA) is 6.48 Å². The first-order chi connectivity index (χ1) is 29.7. The maximum atomic E-state index is 2.76. The molecule has 60 heavy (non-hydrogen) atoms. The Morgan fingerprint density at radius 2 is 1.22 bits per heavy atom. The maximum absolute atomic E-state index is 2.76. The van der Waals surface area contributed by atoms with Crippen LogP contribution in [0, 0.1) is 6.92 Å². The van der Waals surface area contributed by atoms with Gasteiger partial charge in [-0.3, -0.25) is 0 Å².